The zero-order valence-corrected chi connectivity index (χ0v) is 15.6. The molecule has 3 aromatic rings. The lowest BCUT2D eigenvalue weighted by Gasteiger charge is -2.33. The number of aryl methyl sites for hydroxylation is 1. The number of benzene rings is 2. The van der Waals surface area contributed by atoms with Gasteiger partial charge in [-0.2, -0.15) is 0 Å². The molecular formula is C22H25N3O2. The first kappa shape index (κ1) is 17.7. The van der Waals surface area contributed by atoms with Crippen molar-refractivity contribution in [1.82, 2.24) is 14.5 Å². The van der Waals surface area contributed by atoms with Crippen molar-refractivity contribution in [3.63, 3.8) is 0 Å². The number of aromatic nitrogens is 2. The summed E-state index contributed by atoms with van der Waals surface area (Å²) in [6.07, 6.45) is 3.12. The van der Waals surface area contributed by atoms with E-state index in [1.807, 2.05) is 18.2 Å². The van der Waals surface area contributed by atoms with Crippen LogP contribution in [0.3, 0.4) is 0 Å². The summed E-state index contributed by atoms with van der Waals surface area (Å²) in [6.45, 7) is 5.00. The molecule has 0 bridgehead atoms. The fourth-order valence-electron chi connectivity index (χ4n) is 4.15. The Kier molecular flexibility index (Phi) is 4.94. The zero-order chi connectivity index (χ0) is 18.8. The molecule has 5 heteroatoms. The molecule has 1 N–H and O–H groups in total. The van der Waals surface area contributed by atoms with E-state index in [1.165, 1.54) is 11.3 Å². The molecule has 0 saturated carbocycles. The van der Waals surface area contributed by atoms with Crippen LogP contribution >= 0.6 is 0 Å². The van der Waals surface area contributed by atoms with Crippen LogP contribution in [0.4, 0.5) is 0 Å². The number of rotatable bonds is 5. The van der Waals surface area contributed by atoms with Crippen LogP contribution in [0.25, 0.3) is 11.0 Å². The van der Waals surface area contributed by atoms with Gasteiger partial charge in [0.25, 0.3) is 0 Å². The van der Waals surface area contributed by atoms with Crippen molar-refractivity contribution >= 4 is 17.0 Å². The second kappa shape index (κ2) is 7.53. The van der Waals surface area contributed by atoms with E-state index in [0.717, 1.165) is 50.0 Å². The van der Waals surface area contributed by atoms with E-state index in [2.05, 4.69) is 34.6 Å². The number of nitrogens with zero attached hydrogens (tertiary/aromatic N) is 3. The van der Waals surface area contributed by atoms with Gasteiger partial charge in [-0.15, -0.1) is 0 Å². The monoisotopic (exact) mass is 363 g/mol. The van der Waals surface area contributed by atoms with Crippen molar-refractivity contribution in [2.24, 2.45) is 0 Å². The van der Waals surface area contributed by atoms with Crippen LogP contribution in [0, 0.1) is 0 Å². The van der Waals surface area contributed by atoms with Gasteiger partial charge in [-0.1, -0.05) is 31.2 Å². The van der Waals surface area contributed by atoms with Crippen LogP contribution in [-0.2, 0) is 13.0 Å². The van der Waals surface area contributed by atoms with Gasteiger partial charge in [-0.25, -0.2) is 9.78 Å². The SMILES string of the molecule is CCc1nc2ccccc2n1C1CCN(Cc2cccc(C(=O)O)c2)CC1. The highest BCUT2D eigenvalue weighted by Crippen LogP contribution is 2.29. The van der Waals surface area contributed by atoms with Gasteiger partial charge in [0.15, 0.2) is 0 Å². The topological polar surface area (TPSA) is 58.4 Å². The number of aromatic carboxylic acids is 1. The zero-order valence-electron chi connectivity index (χ0n) is 15.6. The van der Waals surface area contributed by atoms with Crippen molar-refractivity contribution in [3.8, 4) is 0 Å². The number of fused-ring (bicyclic) bond motifs is 1. The summed E-state index contributed by atoms with van der Waals surface area (Å²) >= 11 is 0. The molecule has 2 aromatic carbocycles. The summed E-state index contributed by atoms with van der Waals surface area (Å²) in [6, 6.07) is 16.2. The number of para-hydroxylation sites is 2. The number of hydrogen-bond donors (Lipinski definition) is 1. The molecule has 0 aliphatic carbocycles. The van der Waals surface area contributed by atoms with E-state index in [4.69, 9.17) is 10.1 Å². The Balaban J connectivity index is 1.47. The van der Waals surface area contributed by atoms with E-state index in [9.17, 15) is 4.79 Å². The first-order valence-electron chi connectivity index (χ1n) is 9.66. The average Bonchev–Trinajstić information content (AvgIpc) is 3.07. The third kappa shape index (κ3) is 3.60. The summed E-state index contributed by atoms with van der Waals surface area (Å²) in [5.74, 6) is 0.304. The van der Waals surface area contributed by atoms with Gasteiger partial charge in [-0.05, 0) is 42.7 Å². The van der Waals surface area contributed by atoms with Crippen molar-refractivity contribution in [2.45, 2.75) is 38.8 Å². The summed E-state index contributed by atoms with van der Waals surface area (Å²) in [4.78, 5) is 18.4. The molecule has 1 aromatic heterocycles. The predicted molar refractivity (Wildman–Crippen MR) is 106 cm³/mol. The second-order valence-corrected chi connectivity index (χ2v) is 7.25. The lowest BCUT2D eigenvalue weighted by molar-refractivity contribution is 0.0696. The number of imidazole rings is 1. The van der Waals surface area contributed by atoms with Gasteiger partial charge in [0.1, 0.15) is 5.82 Å². The van der Waals surface area contributed by atoms with Gasteiger partial charge in [0, 0.05) is 32.1 Å². The number of likely N-dealkylation sites (tertiary alicyclic amines) is 1. The van der Waals surface area contributed by atoms with Crippen molar-refractivity contribution in [3.05, 3.63) is 65.5 Å². The maximum absolute atomic E-state index is 11.2. The smallest absolute Gasteiger partial charge is 0.335 e. The minimum absolute atomic E-state index is 0.361. The third-order valence-corrected chi connectivity index (χ3v) is 5.49. The van der Waals surface area contributed by atoms with Crippen molar-refractivity contribution in [1.29, 1.82) is 0 Å². The molecule has 1 fully saturated rings. The maximum Gasteiger partial charge on any atom is 0.335 e. The lowest BCUT2D eigenvalue weighted by Crippen LogP contribution is -2.34. The highest BCUT2D eigenvalue weighted by Gasteiger charge is 2.24. The summed E-state index contributed by atoms with van der Waals surface area (Å²) < 4.78 is 2.44. The summed E-state index contributed by atoms with van der Waals surface area (Å²) in [7, 11) is 0. The fourth-order valence-corrected chi connectivity index (χ4v) is 4.15. The number of piperidine rings is 1. The van der Waals surface area contributed by atoms with Gasteiger partial charge in [-0.3, -0.25) is 4.90 Å². The number of carbonyl (C=O) groups is 1. The first-order chi connectivity index (χ1) is 13.2. The molecule has 0 radical (unpaired) electrons. The highest BCUT2D eigenvalue weighted by molar-refractivity contribution is 5.87. The van der Waals surface area contributed by atoms with Crippen LogP contribution in [0.1, 0.15) is 47.6 Å². The molecule has 140 valence electrons. The Morgan fingerprint density at radius 2 is 1.93 bits per heavy atom. The Bertz CT molecular complexity index is 955. The molecule has 1 aliphatic rings. The maximum atomic E-state index is 11.2. The average molecular weight is 363 g/mol. The highest BCUT2D eigenvalue weighted by atomic mass is 16.4. The Labute approximate surface area is 159 Å². The number of carboxylic acid groups (broad SMARTS) is 1. The lowest BCUT2D eigenvalue weighted by atomic mass is 10.0. The molecule has 1 aliphatic heterocycles. The molecule has 2 heterocycles. The van der Waals surface area contributed by atoms with E-state index < -0.39 is 5.97 Å². The Morgan fingerprint density at radius 1 is 1.15 bits per heavy atom. The van der Waals surface area contributed by atoms with Crippen LogP contribution in [0.15, 0.2) is 48.5 Å². The van der Waals surface area contributed by atoms with E-state index in [0.29, 0.717) is 11.6 Å². The molecule has 0 atom stereocenters. The van der Waals surface area contributed by atoms with E-state index in [1.54, 1.807) is 12.1 Å². The molecule has 0 spiro atoms. The summed E-state index contributed by atoms with van der Waals surface area (Å²) in [5.41, 5.74) is 3.75. The Morgan fingerprint density at radius 3 is 2.67 bits per heavy atom. The third-order valence-electron chi connectivity index (χ3n) is 5.49. The predicted octanol–water partition coefficient (Wildman–Crippen LogP) is 4.13. The molecule has 1 saturated heterocycles. The van der Waals surface area contributed by atoms with E-state index >= 15 is 0 Å². The van der Waals surface area contributed by atoms with Crippen LogP contribution < -0.4 is 0 Å². The minimum atomic E-state index is -0.866. The normalized spacial score (nSPS) is 16.0. The van der Waals surface area contributed by atoms with Gasteiger partial charge < -0.3 is 9.67 Å². The molecule has 4 rings (SSSR count). The minimum Gasteiger partial charge on any atom is -0.478 e. The van der Waals surface area contributed by atoms with E-state index in [-0.39, 0.29) is 0 Å². The number of hydrogen-bond acceptors (Lipinski definition) is 3. The van der Waals surface area contributed by atoms with Gasteiger partial charge in [0.2, 0.25) is 0 Å². The standard InChI is InChI=1S/C22H25N3O2/c1-2-21-23-19-8-3-4-9-20(19)25(21)18-10-12-24(13-11-18)15-16-6-5-7-17(14-16)22(26)27/h3-9,14,18H,2,10-13,15H2,1H3,(H,26,27). The molecule has 27 heavy (non-hydrogen) atoms. The quantitative estimate of drug-likeness (QED) is 0.740. The van der Waals surface area contributed by atoms with Gasteiger partial charge in [0.05, 0.1) is 16.6 Å². The molecular weight excluding hydrogens is 338 g/mol. The van der Waals surface area contributed by atoms with Crippen LogP contribution in [-0.4, -0.2) is 38.6 Å². The van der Waals surface area contributed by atoms with Crippen molar-refractivity contribution in [2.75, 3.05) is 13.1 Å². The Hall–Kier alpha value is -2.66. The van der Waals surface area contributed by atoms with Crippen molar-refractivity contribution < 1.29 is 9.90 Å². The molecule has 5 nitrogen and oxygen atoms in total. The van der Waals surface area contributed by atoms with Gasteiger partial charge >= 0.3 is 5.97 Å². The van der Waals surface area contributed by atoms with Crippen LogP contribution in [0.5, 0.6) is 0 Å². The van der Waals surface area contributed by atoms with Crippen LogP contribution in [0.2, 0.25) is 0 Å². The largest absolute Gasteiger partial charge is 0.478 e. The molecule has 0 amide bonds. The fraction of sp³-hybridized carbons (Fsp3) is 0.364. The molecule has 0 unspecified atom stereocenters. The second-order valence-electron chi connectivity index (χ2n) is 7.25. The summed E-state index contributed by atoms with van der Waals surface area (Å²) in [5, 5.41) is 9.17. The number of carboxylic acids is 1. The first-order valence-corrected chi connectivity index (χ1v) is 9.66.